The Hall–Kier alpha value is -4.20. The Morgan fingerprint density at radius 3 is 2.85 bits per heavy atom. The topological polar surface area (TPSA) is 69.4 Å². The van der Waals surface area contributed by atoms with Crippen LogP contribution in [0, 0.1) is 12.7 Å². The molecule has 1 aliphatic rings. The number of benzene rings is 2. The van der Waals surface area contributed by atoms with Gasteiger partial charge in [-0.3, -0.25) is 18.9 Å². The van der Waals surface area contributed by atoms with Crippen LogP contribution in [0.2, 0.25) is 0 Å². The average molecular weight is 458 g/mol. The molecule has 0 N–H and O–H groups in total. The zero-order chi connectivity index (χ0) is 23.8. The highest BCUT2D eigenvalue weighted by molar-refractivity contribution is 5.87. The molecule has 1 amide bonds. The van der Waals surface area contributed by atoms with Crippen molar-refractivity contribution in [3.8, 4) is 17.2 Å². The number of carbonyl (C=O) groups is 1. The largest absolute Gasteiger partial charge is 0.457 e. The van der Waals surface area contributed by atoms with Gasteiger partial charge >= 0.3 is 5.69 Å². The highest BCUT2D eigenvalue weighted by Gasteiger charge is 2.30. The van der Waals surface area contributed by atoms with Crippen LogP contribution in [-0.2, 0) is 4.79 Å². The third-order valence-electron chi connectivity index (χ3n) is 6.21. The summed E-state index contributed by atoms with van der Waals surface area (Å²) in [6.07, 6.45) is 5.27. The van der Waals surface area contributed by atoms with E-state index >= 15 is 0 Å². The first kappa shape index (κ1) is 21.6. The number of likely N-dealkylation sites (tertiary alicyclic amines) is 1. The molecular weight excluding hydrogens is 435 g/mol. The number of imidazole rings is 1. The summed E-state index contributed by atoms with van der Waals surface area (Å²) in [6.45, 7) is 6.22. The summed E-state index contributed by atoms with van der Waals surface area (Å²) in [7, 11) is 0. The first-order chi connectivity index (χ1) is 16.5. The van der Waals surface area contributed by atoms with E-state index in [1.807, 2.05) is 12.1 Å². The van der Waals surface area contributed by atoms with E-state index < -0.39 is 0 Å². The zero-order valence-corrected chi connectivity index (χ0v) is 18.6. The van der Waals surface area contributed by atoms with Gasteiger partial charge in [-0.25, -0.2) is 9.18 Å². The molecule has 4 aromatic rings. The number of fused-ring (bicyclic) bond motifs is 1. The first-order valence-corrected chi connectivity index (χ1v) is 11.0. The molecule has 0 spiro atoms. The summed E-state index contributed by atoms with van der Waals surface area (Å²) in [5, 5.41) is 0. The Labute approximate surface area is 195 Å². The third-order valence-corrected chi connectivity index (χ3v) is 6.21. The van der Waals surface area contributed by atoms with E-state index in [0.717, 1.165) is 5.52 Å². The fraction of sp³-hybridized carbons (Fsp3) is 0.192. The molecule has 1 unspecified atom stereocenters. The van der Waals surface area contributed by atoms with Crippen LogP contribution in [0.3, 0.4) is 0 Å². The molecule has 1 aliphatic heterocycles. The molecule has 5 rings (SSSR count). The molecule has 0 aliphatic carbocycles. The molecule has 1 fully saturated rings. The van der Waals surface area contributed by atoms with Crippen molar-refractivity contribution in [3.63, 3.8) is 0 Å². The van der Waals surface area contributed by atoms with Gasteiger partial charge in [0.25, 0.3) is 0 Å². The summed E-state index contributed by atoms with van der Waals surface area (Å²) in [6, 6.07) is 13.4. The minimum absolute atomic E-state index is 0.140. The Morgan fingerprint density at radius 1 is 1.21 bits per heavy atom. The summed E-state index contributed by atoms with van der Waals surface area (Å²) >= 11 is 0. The maximum Gasteiger partial charge on any atom is 0.334 e. The van der Waals surface area contributed by atoms with Crippen molar-refractivity contribution in [1.82, 2.24) is 19.0 Å². The molecule has 2 aromatic heterocycles. The van der Waals surface area contributed by atoms with Crippen LogP contribution < -0.4 is 10.4 Å². The summed E-state index contributed by atoms with van der Waals surface area (Å²) in [5.74, 6) is 0.399. The second-order valence-corrected chi connectivity index (χ2v) is 8.25. The number of hydrogen-bond acceptors (Lipinski definition) is 4. The lowest BCUT2D eigenvalue weighted by atomic mass is 10.2. The summed E-state index contributed by atoms with van der Waals surface area (Å²) in [5.41, 5.74) is 2.18. The van der Waals surface area contributed by atoms with Crippen molar-refractivity contribution in [2.24, 2.45) is 0 Å². The predicted octanol–water partition coefficient (Wildman–Crippen LogP) is 4.39. The molecule has 1 atom stereocenters. The molecule has 34 heavy (non-hydrogen) atoms. The maximum atomic E-state index is 13.9. The van der Waals surface area contributed by atoms with Crippen molar-refractivity contribution < 1.29 is 13.9 Å². The molecule has 2 aromatic carbocycles. The van der Waals surface area contributed by atoms with Crippen LogP contribution in [0.25, 0.3) is 16.7 Å². The quantitative estimate of drug-likeness (QED) is 0.416. The smallest absolute Gasteiger partial charge is 0.334 e. The number of aromatic nitrogens is 3. The van der Waals surface area contributed by atoms with Gasteiger partial charge in [-0.1, -0.05) is 18.7 Å². The Balaban J connectivity index is 1.57. The van der Waals surface area contributed by atoms with Gasteiger partial charge in [0.2, 0.25) is 5.91 Å². The number of halogens is 1. The molecule has 3 heterocycles. The highest BCUT2D eigenvalue weighted by atomic mass is 19.1. The number of pyridine rings is 1. The highest BCUT2D eigenvalue weighted by Crippen LogP contribution is 2.30. The van der Waals surface area contributed by atoms with E-state index in [-0.39, 0.29) is 23.5 Å². The number of nitrogens with zero attached hydrogens (tertiary/aromatic N) is 4. The lowest BCUT2D eigenvalue weighted by Gasteiger charge is -2.15. The molecule has 0 bridgehead atoms. The van der Waals surface area contributed by atoms with Crippen LogP contribution in [0.1, 0.15) is 18.0 Å². The minimum atomic E-state index is -0.348. The van der Waals surface area contributed by atoms with Gasteiger partial charge in [0.1, 0.15) is 17.3 Å². The Morgan fingerprint density at radius 2 is 2.03 bits per heavy atom. The van der Waals surface area contributed by atoms with Gasteiger partial charge in [0, 0.05) is 30.9 Å². The predicted molar refractivity (Wildman–Crippen MR) is 127 cm³/mol. The van der Waals surface area contributed by atoms with Crippen LogP contribution in [0.5, 0.6) is 11.5 Å². The van der Waals surface area contributed by atoms with E-state index in [1.165, 1.54) is 12.1 Å². The van der Waals surface area contributed by atoms with E-state index in [4.69, 9.17) is 4.74 Å². The minimum Gasteiger partial charge on any atom is -0.457 e. The molecule has 0 saturated carbocycles. The second kappa shape index (κ2) is 8.62. The molecular formula is C26H23FN4O3. The number of hydrogen-bond donors (Lipinski definition) is 0. The monoisotopic (exact) mass is 458 g/mol. The first-order valence-electron chi connectivity index (χ1n) is 11.0. The number of ether oxygens (including phenoxy) is 1. The standard InChI is InChI=1S/C26H23FN4O3/c1-3-25(32)29-13-11-19(16-29)31-22-10-12-28-15-23(22)30(26(31)33)18-6-4-7-20(14-18)34-24-9-5-8-21(27)17(24)2/h3-10,12,14-15,19H,1,11,13,16H2,2H3. The molecule has 8 heteroatoms. The normalized spacial score (nSPS) is 15.6. The number of carbonyl (C=O) groups excluding carboxylic acids is 1. The number of amides is 1. The van der Waals surface area contributed by atoms with Gasteiger partial charge in [-0.2, -0.15) is 0 Å². The maximum absolute atomic E-state index is 13.9. The van der Waals surface area contributed by atoms with Gasteiger partial charge in [-0.05, 0) is 49.8 Å². The van der Waals surface area contributed by atoms with E-state index in [0.29, 0.717) is 47.8 Å². The van der Waals surface area contributed by atoms with Gasteiger partial charge < -0.3 is 9.64 Å². The zero-order valence-electron chi connectivity index (χ0n) is 18.6. The Bertz CT molecular complexity index is 1470. The van der Waals surface area contributed by atoms with E-state index in [9.17, 15) is 14.0 Å². The third kappa shape index (κ3) is 3.67. The molecule has 7 nitrogen and oxygen atoms in total. The molecule has 0 radical (unpaired) electrons. The summed E-state index contributed by atoms with van der Waals surface area (Å²) < 4.78 is 23.2. The fourth-order valence-electron chi connectivity index (χ4n) is 4.46. The summed E-state index contributed by atoms with van der Waals surface area (Å²) in [4.78, 5) is 31.7. The Kier molecular flexibility index (Phi) is 5.49. The fourth-order valence-corrected chi connectivity index (χ4v) is 4.46. The van der Waals surface area contributed by atoms with Crippen LogP contribution >= 0.6 is 0 Å². The van der Waals surface area contributed by atoms with Crippen molar-refractivity contribution in [2.45, 2.75) is 19.4 Å². The second-order valence-electron chi connectivity index (χ2n) is 8.25. The number of rotatable bonds is 5. The van der Waals surface area contributed by atoms with Gasteiger partial charge in [0.15, 0.2) is 0 Å². The van der Waals surface area contributed by atoms with E-state index in [1.54, 1.807) is 63.7 Å². The van der Waals surface area contributed by atoms with E-state index in [2.05, 4.69) is 11.6 Å². The van der Waals surface area contributed by atoms with Crippen molar-refractivity contribution in [3.05, 3.63) is 95.4 Å². The molecule has 172 valence electrons. The van der Waals surface area contributed by atoms with Gasteiger partial charge in [-0.15, -0.1) is 0 Å². The lowest BCUT2D eigenvalue weighted by molar-refractivity contribution is -0.125. The van der Waals surface area contributed by atoms with Crippen LogP contribution in [0.4, 0.5) is 4.39 Å². The van der Waals surface area contributed by atoms with Crippen LogP contribution in [-0.4, -0.2) is 38.0 Å². The van der Waals surface area contributed by atoms with Gasteiger partial charge in [0.05, 0.1) is 29.0 Å². The van der Waals surface area contributed by atoms with Crippen molar-refractivity contribution >= 4 is 16.9 Å². The average Bonchev–Trinajstić information content (AvgIpc) is 3.43. The van der Waals surface area contributed by atoms with Crippen LogP contribution in [0.15, 0.2) is 78.4 Å². The SMILES string of the molecule is C=CC(=O)N1CCC(n2c(=O)n(-c3cccc(Oc4cccc(F)c4C)c3)c3cnccc32)C1. The van der Waals surface area contributed by atoms with Crippen molar-refractivity contribution in [1.29, 1.82) is 0 Å². The van der Waals surface area contributed by atoms with Crippen molar-refractivity contribution in [2.75, 3.05) is 13.1 Å². The molecule has 1 saturated heterocycles. The lowest BCUT2D eigenvalue weighted by Crippen LogP contribution is -2.31.